The molecule has 26 heavy (non-hydrogen) atoms. The lowest BCUT2D eigenvalue weighted by molar-refractivity contribution is 0.599. The lowest BCUT2D eigenvalue weighted by Crippen LogP contribution is -2.48. The molecule has 1 N–H and O–H groups in total. The van der Waals surface area contributed by atoms with Gasteiger partial charge in [-0.15, -0.1) is 0 Å². The molecular weight excluding hydrogens is 315 g/mol. The van der Waals surface area contributed by atoms with E-state index in [2.05, 4.69) is 83.1 Å². The Morgan fingerprint density at radius 2 is 1.19 bits per heavy atom. The predicted octanol–water partition coefficient (Wildman–Crippen LogP) is 3.92. The van der Waals surface area contributed by atoms with E-state index in [0.29, 0.717) is 0 Å². The Hall–Kier alpha value is -2.32. The minimum atomic E-state index is -0.602. The maximum atomic E-state index is 11.4. The van der Waals surface area contributed by atoms with Gasteiger partial charge in [-0.1, -0.05) is 82.4 Å². The van der Waals surface area contributed by atoms with E-state index in [1.807, 2.05) is 6.07 Å². The van der Waals surface area contributed by atoms with Gasteiger partial charge in [-0.25, -0.2) is 0 Å². The van der Waals surface area contributed by atoms with E-state index >= 15 is 0 Å². The van der Waals surface area contributed by atoms with Gasteiger partial charge in [0.2, 0.25) is 0 Å². The largest absolute Gasteiger partial charge is 0.443 e. The summed E-state index contributed by atoms with van der Waals surface area (Å²) in [6, 6.07) is 19.2. The number of hydrogen-bond acceptors (Lipinski definition) is 1. The van der Waals surface area contributed by atoms with Crippen molar-refractivity contribution < 1.29 is 5.02 Å². The third kappa shape index (κ3) is 3.76. The van der Waals surface area contributed by atoms with Gasteiger partial charge in [0.25, 0.3) is 0 Å². The molecular formula is C24H27BO. The number of rotatable bonds is 4. The summed E-state index contributed by atoms with van der Waals surface area (Å²) in [6.45, 7) is 9.93. The zero-order valence-corrected chi connectivity index (χ0v) is 16.4. The highest BCUT2D eigenvalue weighted by molar-refractivity contribution is 6.80. The number of hydrogen-bond donors (Lipinski definition) is 1. The quantitative estimate of drug-likeness (QED) is 0.713. The van der Waals surface area contributed by atoms with Crippen LogP contribution in [0.25, 0.3) is 0 Å². The monoisotopic (exact) mass is 342 g/mol. The van der Waals surface area contributed by atoms with E-state index in [1.165, 1.54) is 22.3 Å². The molecule has 0 atom stereocenters. The molecule has 0 aliphatic carbocycles. The first-order valence-electron chi connectivity index (χ1n) is 9.26. The van der Waals surface area contributed by atoms with Crippen LogP contribution >= 0.6 is 0 Å². The van der Waals surface area contributed by atoms with Crippen LogP contribution in [-0.2, 0) is 6.42 Å². The van der Waals surface area contributed by atoms with Crippen molar-refractivity contribution in [3.8, 4) is 0 Å². The van der Waals surface area contributed by atoms with Crippen molar-refractivity contribution >= 4 is 17.8 Å². The van der Waals surface area contributed by atoms with Crippen LogP contribution in [0.4, 0.5) is 0 Å². The normalized spacial score (nSPS) is 10.8. The van der Waals surface area contributed by atoms with E-state index in [-0.39, 0.29) is 0 Å². The molecule has 1 nitrogen and oxygen atoms in total. The molecule has 0 saturated carbocycles. The van der Waals surface area contributed by atoms with Gasteiger partial charge in [0, 0.05) is 0 Å². The average Bonchev–Trinajstić information content (AvgIpc) is 2.54. The fourth-order valence-corrected chi connectivity index (χ4v) is 4.19. The molecule has 2 heteroatoms. The molecule has 0 saturated heterocycles. The van der Waals surface area contributed by atoms with Crippen LogP contribution in [0.3, 0.4) is 0 Å². The second-order valence-corrected chi connectivity index (χ2v) is 7.53. The molecule has 0 bridgehead atoms. The minimum Gasteiger partial charge on any atom is -0.443 e. The van der Waals surface area contributed by atoms with Gasteiger partial charge >= 0.3 is 6.92 Å². The zero-order valence-electron chi connectivity index (χ0n) is 16.4. The summed E-state index contributed by atoms with van der Waals surface area (Å²) < 4.78 is 0. The van der Waals surface area contributed by atoms with Crippen molar-refractivity contribution in [1.82, 2.24) is 0 Å². The molecule has 0 radical (unpaired) electrons. The van der Waals surface area contributed by atoms with E-state index in [0.717, 1.165) is 34.0 Å². The maximum Gasteiger partial charge on any atom is 0.360 e. The summed E-state index contributed by atoms with van der Waals surface area (Å²) in [5.41, 5.74) is 10.5. The van der Waals surface area contributed by atoms with Gasteiger partial charge in [0.05, 0.1) is 0 Å². The molecule has 132 valence electrons. The van der Waals surface area contributed by atoms with Crippen LogP contribution in [0, 0.1) is 34.6 Å². The standard InChI is InChI=1S/C24H27BO/c1-16-11-18(3)23(19(4)12-16)25(26)24-20(5)13-17(2)14-22(24)15-21-9-7-6-8-10-21/h6-14,26H,15H2,1-5H3. The van der Waals surface area contributed by atoms with Crippen molar-refractivity contribution in [3.05, 3.63) is 93.5 Å². The van der Waals surface area contributed by atoms with E-state index < -0.39 is 6.92 Å². The molecule has 0 aromatic heterocycles. The number of benzene rings is 3. The molecule has 0 unspecified atom stereocenters. The fraction of sp³-hybridized carbons (Fsp3) is 0.250. The molecule has 0 aliphatic heterocycles. The maximum absolute atomic E-state index is 11.4. The van der Waals surface area contributed by atoms with E-state index in [4.69, 9.17) is 0 Å². The molecule has 3 aromatic rings. The van der Waals surface area contributed by atoms with Crippen molar-refractivity contribution in [2.45, 2.75) is 41.0 Å². The van der Waals surface area contributed by atoms with Crippen molar-refractivity contribution in [3.63, 3.8) is 0 Å². The Labute approximate surface area is 157 Å². The van der Waals surface area contributed by atoms with Gasteiger partial charge in [0.15, 0.2) is 0 Å². The summed E-state index contributed by atoms with van der Waals surface area (Å²) in [7, 11) is 0. The molecule has 3 aromatic carbocycles. The van der Waals surface area contributed by atoms with Crippen molar-refractivity contribution in [2.75, 3.05) is 0 Å². The van der Waals surface area contributed by atoms with Crippen LogP contribution < -0.4 is 10.9 Å². The van der Waals surface area contributed by atoms with Gasteiger partial charge in [-0.05, 0) is 63.1 Å². The first kappa shape index (κ1) is 18.5. The first-order valence-corrected chi connectivity index (χ1v) is 9.26. The van der Waals surface area contributed by atoms with Gasteiger partial charge in [-0.2, -0.15) is 0 Å². The SMILES string of the molecule is Cc1cc(C)c(B(O)c2c(C)cc(C)cc2Cc2ccccc2)c(C)c1. The topological polar surface area (TPSA) is 20.2 Å². The van der Waals surface area contributed by atoms with Crippen LogP contribution in [0.1, 0.15) is 38.9 Å². The lowest BCUT2D eigenvalue weighted by atomic mass is 9.51. The number of aryl methyl sites for hydroxylation is 5. The van der Waals surface area contributed by atoms with Crippen LogP contribution in [-0.4, -0.2) is 11.9 Å². The van der Waals surface area contributed by atoms with Crippen LogP contribution in [0.15, 0.2) is 54.6 Å². The highest BCUT2D eigenvalue weighted by atomic mass is 16.2. The molecule has 0 spiro atoms. The van der Waals surface area contributed by atoms with Gasteiger partial charge in [-0.3, -0.25) is 0 Å². The molecule has 3 rings (SSSR count). The lowest BCUT2D eigenvalue weighted by Gasteiger charge is -2.20. The Kier molecular flexibility index (Phi) is 5.34. The second kappa shape index (κ2) is 7.51. The van der Waals surface area contributed by atoms with E-state index in [9.17, 15) is 5.02 Å². The third-order valence-electron chi connectivity index (χ3n) is 5.14. The molecule has 0 amide bonds. The second-order valence-electron chi connectivity index (χ2n) is 7.53. The Balaban J connectivity index is 2.12. The van der Waals surface area contributed by atoms with E-state index in [1.54, 1.807) is 0 Å². The average molecular weight is 342 g/mol. The van der Waals surface area contributed by atoms with Crippen molar-refractivity contribution in [1.29, 1.82) is 0 Å². The Morgan fingerprint density at radius 3 is 1.77 bits per heavy atom. The summed E-state index contributed by atoms with van der Waals surface area (Å²) in [4.78, 5) is 0. The summed E-state index contributed by atoms with van der Waals surface area (Å²) in [6.07, 6.45) is 0.833. The zero-order chi connectivity index (χ0) is 18.8. The van der Waals surface area contributed by atoms with Gasteiger partial charge < -0.3 is 5.02 Å². The van der Waals surface area contributed by atoms with Gasteiger partial charge in [0.1, 0.15) is 0 Å². The molecule has 0 aliphatic rings. The van der Waals surface area contributed by atoms with Crippen LogP contribution in [0.5, 0.6) is 0 Å². The molecule has 0 fully saturated rings. The first-order chi connectivity index (χ1) is 12.4. The third-order valence-corrected chi connectivity index (χ3v) is 5.14. The Morgan fingerprint density at radius 1 is 0.692 bits per heavy atom. The smallest absolute Gasteiger partial charge is 0.360 e. The minimum absolute atomic E-state index is 0.602. The van der Waals surface area contributed by atoms with Crippen LogP contribution in [0.2, 0.25) is 0 Å². The summed E-state index contributed by atoms with van der Waals surface area (Å²) in [5.74, 6) is 0. The highest BCUT2D eigenvalue weighted by Crippen LogP contribution is 2.15. The fourth-order valence-electron chi connectivity index (χ4n) is 4.19. The molecule has 0 heterocycles. The Bertz CT molecular complexity index is 905. The summed E-state index contributed by atoms with van der Waals surface area (Å²) in [5, 5.41) is 11.4. The highest BCUT2D eigenvalue weighted by Gasteiger charge is 2.26. The van der Waals surface area contributed by atoms with Crippen molar-refractivity contribution in [2.24, 2.45) is 0 Å². The summed E-state index contributed by atoms with van der Waals surface area (Å²) >= 11 is 0. The predicted molar refractivity (Wildman–Crippen MR) is 113 cm³/mol.